The normalized spacial score (nSPS) is 11.1. The maximum Gasteiger partial charge on any atom is 0.331 e. The fourth-order valence-electron chi connectivity index (χ4n) is 2.24. The number of methoxy groups -OCH3 is 1. The fraction of sp³-hybridized carbons (Fsp3) is 0.0714. The number of aromatic amines is 1. The van der Waals surface area contributed by atoms with Gasteiger partial charge in [-0.05, 0) is 40.8 Å². The van der Waals surface area contributed by atoms with E-state index in [0.717, 1.165) is 10.6 Å². The van der Waals surface area contributed by atoms with Crippen LogP contribution < -0.4 is 10.4 Å². The number of nitrogens with zero attached hydrogens (tertiary/aromatic N) is 1. The molecule has 0 saturated carbocycles. The average Bonchev–Trinajstić information content (AvgIpc) is 2.80. The Bertz CT molecular complexity index is 949. The molecule has 0 saturated heterocycles. The molecule has 0 amide bonds. The molecule has 0 bridgehead atoms. The molecular formula is C14H8F3IN2O2. The van der Waals surface area contributed by atoms with Gasteiger partial charge in [0.25, 0.3) is 0 Å². The van der Waals surface area contributed by atoms with Crippen molar-refractivity contribution in [2.75, 3.05) is 7.11 Å². The quantitative estimate of drug-likeness (QED) is 0.647. The third-order valence-corrected chi connectivity index (χ3v) is 3.86. The minimum Gasteiger partial charge on any atom is -0.494 e. The number of hydrogen-bond donors (Lipinski definition) is 1. The Morgan fingerprint density at radius 3 is 2.55 bits per heavy atom. The number of ether oxygens (including phenoxy) is 1. The molecule has 1 N–H and O–H groups in total. The third kappa shape index (κ3) is 2.18. The van der Waals surface area contributed by atoms with Gasteiger partial charge in [0, 0.05) is 9.64 Å². The van der Waals surface area contributed by atoms with Crippen molar-refractivity contribution in [1.82, 2.24) is 9.55 Å². The zero-order chi connectivity index (χ0) is 16.0. The minimum absolute atomic E-state index is 0.0376. The second kappa shape index (κ2) is 5.34. The van der Waals surface area contributed by atoms with E-state index in [-0.39, 0.29) is 17.0 Å². The van der Waals surface area contributed by atoms with E-state index in [2.05, 4.69) is 4.98 Å². The van der Waals surface area contributed by atoms with Gasteiger partial charge in [-0.15, -0.1) is 0 Å². The van der Waals surface area contributed by atoms with Crippen LogP contribution in [0.15, 0.2) is 29.1 Å². The summed E-state index contributed by atoms with van der Waals surface area (Å²) in [5, 5.41) is 0. The van der Waals surface area contributed by atoms with E-state index >= 15 is 0 Å². The molecule has 4 nitrogen and oxygen atoms in total. The highest BCUT2D eigenvalue weighted by atomic mass is 127. The molecule has 0 aliphatic carbocycles. The van der Waals surface area contributed by atoms with Crippen LogP contribution in [0.5, 0.6) is 5.75 Å². The molecule has 0 aliphatic rings. The van der Waals surface area contributed by atoms with Crippen molar-refractivity contribution in [2.24, 2.45) is 0 Å². The van der Waals surface area contributed by atoms with Gasteiger partial charge in [0.15, 0.2) is 11.6 Å². The summed E-state index contributed by atoms with van der Waals surface area (Å²) < 4.78 is 48.2. The lowest BCUT2D eigenvalue weighted by molar-refractivity contribution is 0.412. The summed E-state index contributed by atoms with van der Waals surface area (Å²) in [4.78, 5) is 14.5. The van der Waals surface area contributed by atoms with Crippen molar-refractivity contribution in [3.63, 3.8) is 0 Å². The van der Waals surface area contributed by atoms with E-state index in [1.165, 1.54) is 19.2 Å². The highest BCUT2D eigenvalue weighted by Gasteiger charge is 2.22. The van der Waals surface area contributed by atoms with Crippen LogP contribution in [0, 0.1) is 21.0 Å². The van der Waals surface area contributed by atoms with Crippen molar-refractivity contribution in [3.8, 4) is 11.4 Å². The Balaban J connectivity index is 2.47. The van der Waals surface area contributed by atoms with Crippen molar-refractivity contribution in [3.05, 3.63) is 55.8 Å². The maximum atomic E-state index is 14.2. The summed E-state index contributed by atoms with van der Waals surface area (Å²) in [5.41, 5.74) is -1.41. The first-order valence-corrected chi connectivity index (χ1v) is 7.14. The van der Waals surface area contributed by atoms with Crippen LogP contribution >= 0.6 is 22.6 Å². The van der Waals surface area contributed by atoms with E-state index in [9.17, 15) is 18.0 Å². The number of hydrogen-bond acceptors (Lipinski definition) is 2. The predicted octanol–water partition coefficient (Wildman–Crippen LogP) is 3.35. The Hall–Kier alpha value is -1.97. The Labute approximate surface area is 135 Å². The zero-order valence-electron chi connectivity index (χ0n) is 11.1. The lowest BCUT2D eigenvalue weighted by atomic mass is 10.2. The van der Waals surface area contributed by atoms with Crippen LogP contribution in [0.3, 0.4) is 0 Å². The SMILES string of the molecule is COc1cc(F)c(F)c2c1[nH]c(=O)n2-c1ccc(I)cc1F. The van der Waals surface area contributed by atoms with Crippen LogP contribution in [-0.4, -0.2) is 16.7 Å². The predicted molar refractivity (Wildman–Crippen MR) is 83.0 cm³/mol. The number of halogens is 4. The van der Waals surface area contributed by atoms with Gasteiger partial charge in [-0.2, -0.15) is 0 Å². The van der Waals surface area contributed by atoms with E-state index in [4.69, 9.17) is 4.74 Å². The molecule has 114 valence electrons. The monoisotopic (exact) mass is 420 g/mol. The average molecular weight is 420 g/mol. The number of H-pyrrole nitrogens is 1. The smallest absolute Gasteiger partial charge is 0.331 e. The van der Waals surface area contributed by atoms with Gasteiger partial charge < -0.3 is 9.72 Å². The molecule has 0 unspecified atom stereocenters. The van der Waals surface area contributed by atoms with Gasteiger partial charge in [0.1, 0.15) is 22.6 Å². The first-order valence-electron chi connectivity index (χ1n) is 6.06. The van der Waals surface area contributed by atoms with E-state index in [0.29, 0.717) is 3.57 Å². The minimum atomic E-state index is -1.26. The largest absolute Gasteiger partial charge is 0.494 e. The topological polar surface area (TPSA) is 47.0 Å². The Kier molecular flexibility index (Phi) is 3.63. The number of rotatable bonds is 2. The van der Waals surface area contributed by atoms with Crippen LogP contribution in [0.1, 0.15) is 0 Å². The summed E-state index contributed by atoms with van der Waals surface area (Å²) in [7, 11) is 1.26. The van der Waals surface area contributed by atoms with Crippen LogP contribution in [0.4, 0.5) is 13.2 Å². The molecule has 0 aliphatic heterocycles. The second-order valence-corrected chi connectivity index (χ2v) is 5.71. The van der Waals surface area contributed by atoms with Crippen molar-refractivity contribution < 1.29 is 17.9 Å². The lowest BCUT2D eigenvalue weighted by Gasteiger charge is -2.08. The summed E-state index contributed by atoms with van der Waals surface area (Å²) in [5.74, 6) is -3.22. The highest BCUT2D eigenvalue weighted by Crippen LogP contribution is 2.30. The summed E-state index contributed by atoms with van der Waals surface area (Å²) in [6.45, 7) is 0. The molecule has 1 aromatic heterocycles. The summed E-state index contributed by atoms with van der Waals surface area (Å²) in [6.07, 6.45) is 0. The molecule has 1 heterocycles. The number of fused-ring (bicyclic) bond motifs is 1. The molecule has 2 aromatic carbocycles. The van der Waals surface area contributed by atoms with Crippen molar-refractivity contribution in [2.45, 2.75) is 0 Å². The van der Waals surface area contributed by atoms with Gasteiger partial charge >= 0.3 is 5.69 Å². The van der Waals surface area contributed by atoms with E-state index < -0.39 is 28.7 Å². The molecule has 0 atom stereocenters. The van der Waals surface area contributed by atoms with Gasteiger partial charge in [-0.25, -0.2) is 18.0 Å². The molecule has 0 fully saturated rings. The van der Waals surface area contributed by atoms with Gasteiger partial charge in [-0.3, -0.25) is 4.57 Å². The molecule has 3 rings (SSSR count). The van der Waals surface area contributed by atoms with Crippen LogP contribution in [-0.2, 0) is 0 Å². The Morgan fingerprint density at radius 2 is 1.91 bits per heavy atom. The van der Waals surface area contributed by atoms with Crippen LogP contribution in [0.2, 0.25) is 0 Å². The molecule has 22 heavy (non-hydrogen) atoms. The van der Waals surface area contributed by atoms with Crippen molar-refractivity contribution >= 4 is 33.6 Å². The van der Waals surface area contributed by atoms with E-state index in [1.807, 2.05) is 22.6 Å². The fourth-order valence-corrected chi connectivity index (χ4v) is 2.69. The molecule has 8 heteroatoms. The zero-order valence-corrected chi connectivity index (χ0v) is 13.2. The molecule has 0 radical (unpaired) electrons. The van der Waals surface area contributed by atoms with E-state index in [1.54, 1.807) is 6.07 Å². The van der Waals surface area contributed by atoms with Gasteiger partial charge in [0.05, 0.1) is 12.8 Å². The van der Waals surface area contributed by atoms with Crippen LogP contribution in [0.25, 0.3) is 16.7 Å². The number of nitrogens with one attached hydrogen (secondary N) is 1. The molecule has 0 spiro atoms. The number of benzene rings is 2. The van der Waals surface area contributed by atoms with Gasteiger partial charge in [-0.1, -0.05) is 0 Å². The first-order chi connectivity index (χ1) is 10.4. The second-order valence-electron chi connectivity index (χ2n) is 4.46. The summed E-state index contributed by atoms with van der Waals surface area (Å²) in [6, 6.07) is 4.89. The molecule has 3 aromatic rings. The highest BCUT2D eigenvalue weighted by molar-refractivity contribution is 14.1. The Morgan fingerprint density at radius 1 is 1.18 bits per heavy atom. The standard InChI is InChI=1S/C14H8F3IN2O2/c1-22-10-5-8(16)11(17)13-12(10)19-14(21)20(13)9-3-2-6(18)4-7(9)15/h2-5H,1H3,(H,19,21). The number of imidazole rings is 1. The molecular weight excluding hydrogens is 412 g/mol. The third-order valence-electron chi connectivity index (χ3n) is 3.19. The maximum absolute atomic E-state index is 14.2. The summed E-state index contributed by atoms with van der Waals surface area (Å²) >= 11 is 1.90. The number of aromatic nitrogens is 2. The lowest BCUT2D eigenvalue weighted by Crippen LogP contribution is -2.16. The van der Waals surface area contributed by atoms with Crippen molar-refractivity contribution in [1.29, 1.82) is 0 Å². The first kappa shape index (κ1) is 14.9. The van der Waals surface area contributed by atoms with Gasteiger partial charge in [0.2, 0.25) is 0 Å².